The molecule has 0 spiro atoms. The third-order valence-electron chi connectivity index (χ3n) is 4.38. The van der Waals surface area contributed by atoms with Gasteiger partial charge >= 0.3 is 5.97 Å². The summed E-state index contributed by atoms with van der Waals surface area (Å²) in [5.74, 6) is -0.516. The third-order valence-corrected chi connectivity index (χ3v) is 4.38. The number of aliphatic hydroxyl groups excluding tert-OH is 1. The van der Waals surface area contributed by atoms with Gasteiger partial charge in [0.25, 0.3) is 11.4 Å². The summed E-state index contributed by atoms with van der Waals surface area (Å²) in [6, 6.07) is 12.7. The van der Waals surface area contributed by atoms with E-state index in [9.17, 15) is 25.0 Å². The SMILES string of the molecule is CCOC(=O)c1cc2cccc([N+](=O)[O-])c2[nH]1.O=[N+]([O-])c1cccc2cc(CO)[nH]c12. The fourth-order valence-corrected chi connectivity index (χ4v) is 3.05. The van der Waals surface area contributed by atoms with Crippen molar-refractivity contribution in [1.82, 2.24) is 9.97 Å². The summed E-state index contributed by atoms with van der Waals surface area (Å²) in [5, 5.41) is 31.6. The lowest BCUT2D eigenvalue weighted by molar-refractivity contribution is -0.383. The zero-order valence-corrected chi connectivity index (χ0v) is 16.3. The van der Waals surface area contributed by atoms with Gasteiger partial charge in [-0.3, -0.25) is 20.2 Å². The Morgan fingerprint density at radius 3 is 2.03 bits per heavy atom. The van der Waals surface area contributed by atoms with Gasteiger partial charge in [0.05, 0.1) is 23.1 Å². The molecular formula is C20H18N4O7. The molecule has 0 saturated carbocycles. The second kappa shape index (κ2) is 9.05. The highest BCUT2D eigenvalue weighted by Gasteiger charge is 2.17. The number of nitrogens with zero attached hydrogens (tertiary/aromatic N) is 2. The second-order valence-electron chi connectivity index (χ2n) is 6.35. The Hall–Kier alpha value is -4.25. The van der Waals surface area contributed by atoms with Crippen LogP contribution in [0.4, 0.5) is 11.4 Å². The molecule has 0 aliphatic heterocycles. The molecule has 3 N–H and O–H groups in total. The number of aliphatic hydroxyl groups is 1. The Kier molecular flexibility index (Phi) is 6.26. The number of rotatable bonds is 5. The Balaban J connectivity index is 0.000000179. The van der Waals surface area contributed by atoms with Gasteiger partial charge in [0.15, 0.2) is 0 Å². The highest BCUT2D eigenvalue weighted by molar-refractivity contribution is 5.97. The molecule has 0 unspecified atom stereocenters. The monoisotopic (exact) mass is 426 g/mol. The Morgan fingerprint density at radius 2 is 1.52 bits per heavy atom. The average Bonchev–Trinajstić information content (AvgIpc) is 3.37. The van der Waals surface area contributed by atoms with Crippen LogP contribution in [0.15, 0.2) is 48.5 Å². The predicted molar refractivity (Wildman–Crippen MR) is 112 cm³/mol. The maximum absolute atomic E-state index is 11.5. The minimum Gasteiger partial charge on any atom is -0.461 e. The van der Waals surface area contributed by atoms with Crippen LogP contribution in [-0.2, 0) is 11.3 Å². The number of hydrogen-bond acceptors (Lipinski definition) is 7. The van der Waals surface area contributed by atoms with Gasteiger partial charge in [-0.15, -0.1) is 0 Å². The Morgan fingerprint density at radius 1 is 0.968 bits per heavy atom. The van der Waals surface area contributed by atoms with Crippen molar-refractivity contribution < 1.29 is 24.5 Å². The van der Waals surface area contributed by atoms with Crippen LogP contribution in [0.25, 0.3) is 21.8 Å². The number of non-ortho nitro benzene ring substituents is 2. The van der Waals surface area contributed by atoms with E-state index in [0.717, 1.165) is 5.39 Å². The molecule has 0 aliphatic carbocycles. The molecule has 0 saturated heterocycles. The molecule has 11 heteroatoms. The van der Waals surface area contributed by atoms with E-state index in [1.54, 1.807) is 43.3 Å². The molecule has 2 aromatic heterocycles. The van der Waals surface area contributed by atoms with Gasteiger partial charge in [-0.05, 0) is 19.1 Å². The largest absolute Gasteiger partial charge is 0.461 e. The van der Waals surface area contributed by atoms with E-state index in [-0.39, 0.29) is 30.3 Å². The maximum Gasteiger partial charge on any atom is 0.354 e. The summed E-state index contributed by atoms with van der Waals surface area (Å²) in [6.07, 6.45) is 0. The van der Waals surface area contributed by atoms with E-state index in [0.29, 0.717) is 22.1 Å². The first-order chi connectivity index (χ1) is 14.8. The first-order valence-corrected chi connectivity index (χ1v) is 9.14. The van der Waals surface area contributed by atoms with Crippen molar-refractivity contribution in [3.05, 3.63) is 80.1 Å². The van der Waals surface area contributed by atoms with Crippen molar-refractivity contribution in [2.45, 2.75) is 13.5 Å². The van der Waals surface area contributed by atoms with Gasteiger partial charge in [-0.1, -0.05) is 24.3 Å². The van der Waals surface area contributed by atoms with Gasteiger partial charge in [0, 0.05) is 28.6 Å². The number of nitro benzene ring substituents is 2. The molecule has 0 amide bonds. The van der Waals surface area contributed by atoms with E-state index < -0.39 is 15.8 Å². The number of fused-ring (bicyclic) bond motifs is 2. The molecule has 2 heterocycles. The van der Waals surface area contributed by atoms with Crippen LogP contribution in [0.2, 0.25) is 0 Å². The van der Waals surface area contributed by atoms with Gasteiger partial charge in [-0.25, -0.2) is 4.79 Å². The first kappa shape index (κ1) is 21.5. The molecular weight excluding hydrogens is 408 g/mol. The molecule has 4 aromatic rings. The van der Waals surface area contributed by atoms with Gasteiger partial charge < -0.3 is 19.8 Å². The number of benzene rings is 2. The summed E-state index contributed by atoms with van der Waals surface area (Å²) in [4.78, 5) is 37.5. The second-order valence-corrected chi connectivity index (χ2v) is 6.35. The number of aromatic nitrogens is 2. The van der Waals surface area contributed by atoms with E-state index in [1.165, 1.54) is 12.1 Å². The van der Waals surface area contributed by atoms with E-state index in [2.05, 4.69) is 9.97 Å². The van der Waals surface area contributed by atoms with Crippen LogP contribution in [0.1, 0.15) is 23.1 Å². The number of esters is 1. The summed E-state index contributed by atoms with van der Waals surface area (Å²) >= 11 is 0. The number of carbonyl (C=O) groups is 1. The highest BCUT2D eigenvalue weighted by atomic mass is 16.6. The lowest BCUT2D eigenvalue weighted by Crippen LogP contribution is -2.04. The molecule has 31 heavy (non-hydrogen) atoms. The van der Waals surface area contributed by atoms with Crippen LogP contribution in [0, 0.1) is 20.2 Å². The molecule has 0 aliphatic rings. The normalized spacial score (nSPS) is 10.5. The number of H-pyrrole nitrogens is 2. The van der Waals surface area contributed by atoms with Crippen LogP contribution < -0.4 is 0 Å². The number of carbonyl (C=O) groups excluding carboxylic acids is 1. The zero-order chi connectivity index (χ0) is 22.5. The molecule has 0 bridgehead atoms. The zero-order valence-electron chi connectivity index (χ0n) is 16.3. The number of ether oxygens (including phenoxy) is 1. The minimum absolute atomic E-state index is 0.0298. The van der Waals surface area contributed by atoms with Crippen LogP contribution in [-0.4, -0.2) is 37.5 Å². The molecule has 11 nitrogen and oxygen atoms in total. The number of para-hydroxylation sites is 2. The van der Waals surface area contributed by atoms with Gasteiger partial charge in [-0.2, -0.15) is 0 Å². The van der Waals surface area contributed by atoms with Crippen LogP contribution in [0.5, 0.6) is 0 Å². The Labute approximate surface area is 174 Å². The van der Waals surface area contributed by atoms with Crippen molar-refractivity contribution in [2.75, 3.05) is 6.61 Å². The Bertz CT molecular complexity index is 1280. The number of nitrogens with one attached hydrogen (secondary N) is 2. The molecule has 2 aromatic carbocycles. The fraction of sp³-hybridized carbons (Fsp3) is 0.150. The molecule has 4 rings (SSSR count). The summed E-state index contributed by atoms with van der Waals surface area (Å²) < 4.78 is 4.82. The van der Waals surface area contributed by atoms with Crippen molar-refractivity contribution in [3.63, 3.8) is 0 Å². The van der Waals surface area contributed by atoms with Crippen molar-refractivity contribution >= 4 is 39.1 Å². The highest BCUT2D eigenvalue weighted by Crippen LogP contribution is 2.26. The van der Waals surface area contributed by atoms with Crippen LogP contribution in [0.3, 0.4) is 0 Å². The van der Waals surface area contributed by atoms with Gasteiger partial charge in [0.1, 0.15) is 16.7 Å². The first-order valence-electron chi connectivity index (χ1n) is 9.14. The number of hydrogen-bond donors (Lipinski definition) is 3. The van der Waals surface area contributed by atoms with Gasteiger partial charge in [0.2, 0.25) is 0 Å². The van der Waals surface area contributed by atoms with E-state index in [1.807, 2.05) is 0 Å². The lowest BCUT2D eigenvalue weighted by atomic mass is 10.2. The lowest BCUT2D eigenvalue weighted by Gasteiger charge is -1.96. The fourth-order valence-electron chi connectivity index (χ4n) is 3.05. The molecule has 0 radical (unpaired) electrons. The summed E-state index contributed by atoms with van der Waals surface area (Å²) in [6.45, 7) is 1.81. The van der Waals surface area contributed by atoms with Crippen LogP contribution >= 0.6 is 0 Å². The van der Waals surface area contributed by atoms with Crippen molar-refractivity contribution in [1.29, 1.82) is 0 Å². The average molecular weight is 426 g/mol. The number of nitro groups is 2. The maximum atomic E-state index is 11.5. The number of aromatic amines is 2. The summed E-state index contributed by atoms with van der Waals surface area (Å²) in [5.41, 5.74) is 1.56. The van der Waals surface area contributed by atoms with E-state index in [4.69, 9.17) is 9.84 Å². The summed E-state index contributed by atoms with van der Waals surface area (Å²) in [7, 11) is 0. The smallest absolute Gasteiger partial charge is 0.354 e. The predicted octanol–water partition coefficient (Wildman–Crippen LogP) is 3.82. The minimum atomic E-state index is -0.516. The molecule has 0 atom stereocenters. The van der Waals surface area contributed by atoms with E-state index >= 15 is 0 Å². The molecule has 160 valence electrons. The molecule has 0 fully saturated rings. The van der Waals surface area contributed by atoms with Crippen molar-refractivity contribution in [3.8, 4) is 0 Å². The third kappa shape index (κ3) is 4.51. The van der Waals surface area contributed by atoms with Crippen molar-refractivity contribution in [2.24, 2.45) is 0 Å². The topological polar surface area (TPSA) is 164 Å². The standard InChI is InChI=1S/C11H10N2O4.C9H8N2O3/c1-2-17-11(14)8-6-7-4-3-5-9(13(15)16)10(7)12-8;12-5-7-4-6-2-1-3-8(11(13)14)9(6)10-7/h3-6,12H,2H2,1H3;1-4,10,12H,5H2. The quantitative estimate of drug-likeness (QED) is 0.248.